The zero-order valence-electron chi connectivity index (χ0n) is 22.1. The van der Waals surface area contributed by atoms with E-state index in [1.807, 2.05) is 5.32 Å². The molecular weight excluding hydrogens is 580 g/mol. The highest BCUT2D eigenvalue weighted by Gasteiger charge is 2.46. The molecule has 0 saturated carbocycles. The molecule has 1 unspecified atom stereocenters. The molecule has 41 heavy (non-hydrogen) atoms. The third-order valence-corrected chi connectivity index (χ3v) is 7.98. The van der Waals surface area contributed by atoms with Gasteiger partial charge in [0.25, 0.3) is 11.8 Å². The van der Waals surface area contributed by atoms with E-state index in [1.165, 1.54) is 6.92 Å². The summed E-state index contributed by atoms with van der Waals surface area (Å²) in [7, 11) is 0. The van der Waals surface area contributed by atoms with Crippen LogP contribution >= 0.6 is 12.2 Å². The Hall–Kier alpha value is -2.85. The summed E-state index contributed by atoms with van der Waals surface area (Å²) >= 11 is 5.38. The number of anilines is 1. The van der Waals surface area contributed by atoms with Crippen molar-refractivity contribution in [1.29, 1.82) is 0 Å². The molecular formula is C25H29F6N5O4S. The Morgan fingerprint density at radius 2 is 1.76 bits per heavy atom. The first-order chi connectivity index (χ1) is 19.1. The van der Waals surface area contributed by atoms with Crippen molar-refractivity contribution in [3.8, 4) is 0 Å². The van der Waals surface area contributed by atoms with Crippen molar-refractivity contribution in [3.05, 3.63) is 23.4 Å². The summed E-state index contributed by atoms with van der Waals surface area (Å²) < 4.78 is 86.5. The van der Waals surface area contributed by atoms with E-state index in [1.54, 1.807) is 4.90 Å². The number of nitrogens with zero attached hydrogens (tertiary/aromatic N) is 3. The first-order valence-electron chi connectivity index (χ1n) is 13.0. The molecule has 226 valence electrons. The average molecular weight is 610 g/mol. The molecule has 0 radical (unpaired) electrons. The van der Waals surface area contributed by atoms with E-state index in [0.29, 0.717) is 37.9 Å². The van der Waals surface area contributed by atoms with E-state index in [4.69, 9.17) is 17.0 Å². The average Bonchev–Trinajstić information content (AvgIpc) is 3.61. The second-order valence-electron chi connectivity index (χ2n) is 10.4. The number of aromatic nitrogens is 1. The Kier molecular flexibility index (Phi) is 8.95. The van der Waals surface area contributed by atoms with Crippen molar-refractivity contribution in [2.75, 3.05) is 18.5 Å². The van der Waals surface area contributed by atoms with Gasteiger partial charge in [0.05, 0.1) is 41.5 Å². The SMILES string of the molecule is C/C(=N\C(C(=O)N1C2CCC1CC2)C(=S)c1cnc(N[C@@H](C)C(F)(F)F)cc1C(F)(F)F)C(=O)N[C@@H]1COC[C@H]1O. The monoisotopic (exact) mass is 609 g/mol. The Bertz CT molecular complexity index is 1210. The number of aliphatic hydroxyl groups is 1. The van der Waals surface area contributed by atoms with Crippen molar-refractivity contribution >= 4 is 40.4 Å². The summed E-state index contributed by atoms with van der Waals surface area (Å²) in [6.07, 6.45) is -7.27. The molecule has 0 aliphatic carbocycles. The number of amides is 2. The maximum absolute atomic E-state index is 14.1. The van der Waals surface area contributed by atoms with Crippen molar-refractivity contribution < 1.29 is 45.8 Å². The fraction of sp³-hybridized carbons (Fsp3) is 0.640. The maximum Gasteiger partial charge on any atom is 0.417 e. The van der Waals surface area contributed by atoms with Crippen LogP contribution < -0.4 is 10.6 Å². The summed E-state index contributed by atoms with van der Waals surface area (Å²) in [5.41, 5.74) is -2.38. The predicted octanol–water partition coefficient (Wildman–Crippen LogP) is 3.04. The normalized spacial score (nSPS) is 26.2. The molecule has 1 aromatic rings. The van der Waals surface area contributed by atoms with Crippen LogP contribution in [0.5, 0.6) is 0 Å². The van der Waals surface area contributed by atoms with Crippen LogP contribution in [0.4, 0.5) is 32.2 Å². The predicted molar refractivity (Wildman–Crippen MR) is 139 cm³/mol. The van der Waals surface area contributed by atoms with Gasteiger partial charge in [-0.05, 0) is 45.6 Å². The quantitative estimate of drug-likeness (QED) is 0.180. The minimum absolute atomic E-state index is 0.00386. The number of halogens is 6. The van der Waals surface area contributed by atoms with Crippen LogP contribution in [0.2, 0.25) is 0 Å². The van der Waals surface area contributed by atoms with Gasteiger partial charge in [-0.25, -0.2) is 4.98 Å². The lowest BCUT2D eigenvalue weighted by Crippen LogP contribution is -2.47. The number of aliphatic imine (C=N–C) groups is 1. The number of aliphatic hydroxyl groups excluding tert-OH is 1. The number of carbonyl (C=O) groups is 2. The van der Waals surface area contributed by atoms with E-state index >= 15 is 0 Å². The molecule has 16 heteroatoms. The third-order valence-electron chi connectivity index (χ3n) is 7.54. The molecule has 3 aliphatic rings. The van der Waals surface area contributed by atoms with E-state index in [2.05, 4.69) is 15.3 Å². The zero-order valence-corrected chi connectivity index (χ0v) is 22.9. The van der Waals surface area contributed by atoms with Crippen molar-refractivity contribution in [2.45, 2.75) is 88.2 Å². The molecule has 4 atom stereocenters. The molecule has 9 nitrogen and oxygen atoms in total. The van der Waals surface area contributed by atoms with Gasteiger partial charge in [-0.15, -0.1) is 0 Å². The first-order valence-corrected chi connectivity index (χ1v) is 13.4. The van der Waals surface area contributed by atoms with Gasteiger partial charge in [-0.1, -0.05) is 12.2 Å². The number of hydrogen-bond donors (Lipinski definition) is 3. The fourth-order valence-corrected chi connectivity index (χ4v) is 5.58. The van der Waals surface area contributed by atoms with Crippen molar-refractivity contribution in [3.63, 3.8) is 0 Å². The van der Waals surface area contributed by atoms with Gasteiger partial charge < -0.3 is 25.4 Å². The molecule has 3 saturated heterocycles. The third kappa shape index (κ3) is 6.80. The molecule has 3 aliphatic heterocycles. The Labute approximate surface area is 236 Å². The molecule has 2 amide bonds. The number of thiocarbonyl (C=S) groups is 1. The maximum atomic E-state index is 14.1. The minimum atomic E-state index is -5.07. The summed E-state index contributed by atoms with van der Waals surface area (Å²) in [6.45, 7) is 2.02. The molecule has 4 rings (SSSR count). The summed E-state index contributed by atoms with van der Waals surface area (Å²) in [6, 6.07) is -4.52. The van der Waals surface area contributed by atoms with Crippen LogP contribution in [-0.4, -0.2) is 93.1 Å². The lowest BCUT2D eigenvalue weighted by Gasteiger charge is -2.27. The van der Waals surface area contributed by atoms with Crippen LogP contribution in [0.1, 0.15) is 50.7 Å². The molecule has 2 bridgehead atoms. The van der Waals surface area contributed by atoms with Crippen LogP contribution in [0.3, 0.4) is 0 Å². The van der Waals surface area contributed by atoms with Gasteiger partial charge in [-0.2, -0.15) is 26.3 Å². The van der Waals surface area contributed by atoms with Gasteiger partial charge in [0.15, 0.2) is 6.04 Å². The molecule has 0 aromatic carbocycles. The fourth-order valence-electron chi connectivity index (χ4n) is 5.26. The zero-order chi connectivity index (χ0) is 30.3. The smallest absolute Gasteiger partial charge is 0.388 e. The molecule has 4 heterocycles. The van der Waals surface area contributed by atoms with Gasteiger partial charge in [0.1, 0.15) is 11.9 Å². The number of alkyl halides is 6. The van der Waals surface area contributed by atoms with Crippen LogP contribution in [0, 0.1) is 0 Å². The summed E-state index contributed by atoms with van der Waals surface area (Å²) in [4.78, 5) is 35.4. The number of carbonyl (C=O) groups excluding carboxylic acids is 2. The summed E-state index contributed by atoms with van der Waals surface area (Å²) in [5, 5.41) is 14.3. The molecule has 1 aromatic heterocycles. The highest BCUT2D eigenvalue weighted by atomic mass is 32.1. The van der Waals surface area contributed by atoms with Crippen LogP contribution in [0.25, 0.3) is 0 Å². The Morgan fingerprint density at radius 3 is 2.27 bits per heavy atom. The van der Waals surface area contributed by atoms with Gasteiger partial charge in [-0.3, -0.25) is 14.6 Å². The van der Waals surface area contributed by atoms with Crippen LogP contribution in [0.15, 0.2) is 17.3 Å². The van der Waals surface area contributed by atoms with E-state index in [9.17, 15) is 41.0 Å². The number of pyridine rings is 1. The topological polar surface area (TPSA) is 116 Å². The largest absolute Gasteiger partial charge is 0.417 e. The minimum Gasteiger partial charge on any atom is -0.388 e. The van der Waals surface area contributed by atoms with Crippen molar-refractivity contribution in [2.24, 2.45) is 4.99 Å². The van der Waals surface area contributed by atoms with E-state index in [0.717, 1.165) is 6.92 Å². The summed E-state index contributed by atoms with van der Waals surface area (Å²) in [5.74, 6) is -2.14. The number of fused-ring (bicyclic) bond motifs is 2. The number of rotatable bonds is 8. The lowest BCUT2D eigenvalue weighted by atomic mass is 10.00. The second-order valence-corrected chi connectivity index (χ2v) is 10.8. The molecule has 0 spiro atoms. The number of hydrogen-bond acceptors (Lipinski definition) is 8. The second kappa shape index (κ2) is 11.8. The van der Waals surface area contributed by atoms with Crippen LogP contribution in [-0.2, 0) is 20.5 Å². The number of ether oxygens (including phenoxy) is 1. The first kappa shape index (κ1) is 31.1. The van der Waals surface area contributed by atoms with E-state index in [-0.39, 0.29) is 31.0 Å². The number of nitrogens with one attached hydrogen (secondary N) is 2. The molecule has 3 N–H and O–H groups in total. The highest BCUT2D eigenvalue weighted by molar-refractivity contribution is 7.81. The highest BCUT2D eigenvalue weighted by Crippen LogP contribution is 2.39. The molecule has 3 fully saturated rings. The Balaban J connectivity index is 1.69. The lowest BCUT2D eigenvalue weighted by molar-refractivity contribution is -0.138. The standard InChI is InChI=1S/C25H29F6N5O4S/c1-11(22(38)35-17-9-40-10-18(17)37)33-20(23(39)36-13-3-4-14(36)6-5-13)21(41)15-8-32-19(7-16(15)25(29,30)31)34-12(2)24(26,27)28/h7-8,12-14,17-18,20,37H,3-6,9-10H2,1-2H3,(H,32,34)(H,35,38)/b33-11+/t12-,13?,14?,17+,18+,20?/m0/s1. The van der Waals surface area contributed by atoms with Gasteiger partial charge in [0, 0.05) is 23.8 Å². The Morgan fingerprint density at radius 1 is 1.15 bits per heavy atom. The van der Waals surface area contributed by atoms with Gasteiger partial charge in [0.2, 0.25) is 0 Å². The van der Waals surface area contributed by atoms with Gasteiger partial charge >= 0.3 is 12.4 Å². The van der Waals surface area contributed by atoms with E-state index < -0.39 is 70.2 Å². The van der Waals surface area contributed by atoms with Crippen molar-refractivity contribution in [1.82, 2.24) is 15.2 Å².